The molecule has 25 heavy (non-hydrogen) atoms. The van der Waals surface area contributed by atoms with Crippen molar-refractivity contribution in [1.82, 2.24) is 15.5 Å². The summed E-state index contributed by atoms with van der Waals surface area (Å²) < 4.78 is 5.20. The highest BCUT2D eigenvalue weighted by Crippen LogP contribution is 2.19. The van der Waals surface area contributed by atoms with Crippen LogP contribution in [0.3, 0.4) is 0 Å². The van der Waals surface area contributed by atoms with Crippen molar-refractivity contribution in [3.63, 3.8) is 0 Å². The second-order valence-corrected chi connectivity index (χ2v) is 6.62. The molecular weight excluding hydrogens is 318 g/mol. The van der Waals surface area contributed by atoms with Gasteiger partial charge in [0.15, 0.2) is 0 Å². The van der Waals surface area contributed by atoms with E-state index in [4.69, 9.17) is 4.42 Å². The number of amides is 2. The Bertz CT molecular complexity index is 639. The van der Waals surface area contributed by atoms with Crippen LogP contribution in [0.15, 0.2) is 53.1 Å². The second kappa shape index (κ2) is 8.69. The third kappa shape index (κ3) is 5.92. The van der Waals surface area contributed by atoms with Crippen LogP contribution in [0.25, 0.3) is 0 Å². The Kier molecular flexibility index (Phi) is 6.61. The van der Waals surface area contributed by atoms with Crippen LogP contribution in [0.1, 0.15) is 18.2 Å². The number of likely N-dealkylation sites (N-methyl/N-ethyl adjacent to an activating group) is 1. The summed E-state index contributed by atoms with van der Waals surface area (Å²) in [7, 11) is 3.99. The van der Waals surface area contributed by atoms with Gasteiger partial charge in [0.1, 0.15) is 11.4 Å². The molecule has 2 unspecified atom stereocenters. The summed E-state index contributed by atoms with van der Waals surface area (Å²) in [6, 6.07) is 13.4. The first-order valence-electron chi connectivity index (χ1n) is 8.37. The van der Waals surface area contributed by atoms with E-state index in [9.17, 15) is 9.90 Å². The van der Waals surface area contributed by atoms with Crippen LogP contribution in [0.2, 0.25) is 0 Å². The lowest BCUT2D eigenvalue weighted by Gasteiger charge is -2.26. The first-order chi connectivity index (χ1) is 11.9. The molecule has 6 heteroatoms. The minimum atomic E-state index is -1.24. The van der Waals surface area contributed by atoms with Gasteiger partial charge in [-0.1, -0.05) is 30.3 Å². The molecule has 0 aliphatic heterocycles. The van der Waals surface area contributed by atoms with E-state index < -0.39 is 5.60 Å². The first-order valence-corrected chi connectivity index (χ1v) is 8.37. The van der Waals surface area contributed by atoms with Gasteiger partial charge in [0, 0.05) is 12.6 Å². The number of hydrogen-bond acceptors (Lipinski definition) is 4. The molecule has 2 rings (SSSR count). The smallest absolute Gasteiger partial charge is 0.314 e. The average molecular weight is 345 g/mol. The molecule has 0 saturated carbocycles. The summed E-state index contributed by atoms with van der Waals surface area (Å²) in [5.41, 5.74) is -0.0181. The Morgan fingerprint density at radius 1 is 1.20 bits per heavy atom. The molecular formula is C19H27N3O3. The summed E-state index contributed by atoms with van der Waals surface area (Å²) in [4.78, 5) is 14.1. The molecule has 2 atom stereocenters. The average Bonchev–Trinajstić information content (AvgIpc) is 3.13. The largest absolute Gasteiger partial charge is 0.466 e. The summed E-state index contributed by atoms with van der Waals surface area (Å²) in [5, 5.41) is 15.9. The maximum Gasteiger partial charge on any atom is 0.314 e. The number of urea groups is 1. The highest BCUT2D eigenvalue weighted by Gasteiger charge is 2.26. The van der Waals surface area contributed by atoms with E-state index in [1.165, 1.54) is 11.8 Å². The SMILES string of the molecule is CN(C)C(CNC(=O)NCC(C)(O)c1ccco1)Cc1ccccc1. The molecule has 3 N–H and O–H groups in total. The van der Waals surface area contributed by atoms with E-state index in [1.807, 2.05) is 32.3 Å². The van der Waals surface area contributed by atoms with Gasteiger partial charge in [-0.2, -0.15) is 0 Å². The molecule has 0 bridgehead atoms. The lowest BCUT2D eigenvalue weighted by Crippen LogP contribution is -2.47. The van der Waals surface area contributed by atoms with Gasteiger partial charge < -0.3 is 25.1 Å². The fourth-order valence-corrected chi connectivity index (χ4v) is 2.52. The number of nitrogens with zero attached hydrogens (tertiary/aromatic N) is 1. The highest BCUT2D eigenvalue weighted by molar-refractivity contribution is 5.73. The minimum Gasteiger partial charge on any atom is -0.466 e. The fraction of sp³-hybridized carbons (Fsp3) is 0.421. The van der Waals surface area contributed by atoms with Crippen LogP contribution in [0, 0.1) is 0 Å². The molecule has 0 fully saturated rings. The third-order valence-corrected chi connectivity index (χ3v) is 4.19. The van der Waals surface area contributed by atoms with E-state index in [-0.39, 0.29) is 18.6 Å². The van der Waals surface area contributed by atoms with Crippen LogP contribution >= 0.6 is 0 Å². The number of nitrogens with one attached hydrogen (secondary N) is 2. The Labute approximate surface area is 148 Å². The number of aliphatic hydroxyl groups is 1. The molecule has 1 heterocycles. The van der Waals surface area contributed by atoms with Gasteiger partial charge in [0.25, 0.3) is 0 Å². The Morgan fingerprint density at radius 2 is 1.92 bits per heavy atom. The van der Waals surface area contributed by atoms with Crippen LogP contribution < -0.4 is 10.6 Å². The zero-order chi connectivity index (χ0) is 18.3. The number of rotatable bonds is 8. The zero-order valence-electron chi connectivity index (χ0n) is 15.0. The summed E-state index contributed by atoms with van der Waals surface area (Å²) >= 11 is 0. The summed E-state index contributed by atoms with van der Waals surface area (Å²) in [6.45, 7) is 2.18. The Hall–Kier alpha value is -2.31. The summed E-state index contributed by atoms with van der Waals surface area (Å²) in [6.07, 6.45) is 2.34. The van der Waals surface area contributed by atoms with Gasteiger partial charge in [-0.25, -0.2) is 4.79 Å². The van der Waals surface area contributed by atoms with Crippen LogP contribution in [0.4, 0.5) is 4.79 Å². The lowest BCUT2D eigenvalue weighted by molar-refractivity contribution is 0.0367. The van der Waals surface area contributed by atoms with Gasteiger partial charge in [0.05, 0.1) is 12.8 Å². The molecule has 0 aliphatic rings. The van der Waals surface area contributed by atoms with Gasteiger partial charge in [-0.05, 0) is 45.1 Å². The van der Waals surface area contributed by atoms with Gasteiger partial charge in [0.2, 0.25) is 0 Å². The second-order valence-electron chi connectivity index (χ2n) is 6.62. The predicted octanol–water partition coefficient (Wildman–Crippen LogP) is 1.96. The number of hydrogen-bond donors (Lipinski definition) is 3. The molecule has 2 amide bonds. The zero-order valence-corrected chi connectivity index (χ0v) is 15.0. The minimum absolute atomic E-state index is 0.0671. The lowest BCUT2D eigenvalue weighted by atomic mass is 10.0. The maximum atomic E-state index is 12.1. The van der Waals surface area contributed by atoms with Crippen molar-refractivity contribution in [3.05, 3.63) is 60.1 Å². The van der Waals surface area contributed by atoms with Crippen molar-refractivity contribution in [2.75, 3.05) is 27.2 Å². The predicted molar refractivity (Wildman–Crippen MR) is 97.3 cm³/mol. The van der Waals surface area contributed by atoms with Crippen molar-refractivity contribution < 1.29 is 14.3 Å². The fourth-order valence-electron chi connectivity index (χ4n) is 2.52. The quantitative estimate of drug-likeness (QED) is 0.683. The van der Waals surface area contributed by atoms with E-state index >= 15 is 0 Å². The van der Waals surface area contributed by atoms with Crippen molar-refractivity contribution >= 4 is 6.03 Å². The van der Waals surface area contributed by atoms with Crippen molar-refractivity contribution in [1.29, 1.82) is 0 Å². The number of carbonyl (C=O) groups is 1. The Balaban J connectivity index is 1.81. The summed E-state index contributed by atoms with van der Waals surface area (Å²) in [5.74, 6) is 0.419. The molecule has 2 aromatic rings. The standard InChI is InChI=1S/C19H27N3O3/c1-19(24,17-10-7-11-25-17)14-21-18(23)20-13-16(22(2)3)12-15-8-5-4-6-9-15/h4-11,16,24H,12-14H2,1-3H3,(H2,20,21,23). The van der Waals surface area contributed by atoms with Crippen LogP contribution in [0.5, 0.6) is 0 Å². The van der Waals surface area contributed by atoms with Gasteiger partial charge >= 0.3 is 6.03 Å². The van der Waals surface area contributed by atoms with Gasteiger partial charge in [-0.15, -0.1) is 0 Å². The van der Waals surface area contributed by atoms with E-state index in [2.05, 4.69) is 27.7 Å². The van der Waals surface area contributed by atoms with E-state index in [0.29, 0.717) is 12.3 Å². The molecule has 136 valence electrons. The molecule has 0 aliphatic carbocycles. The monoisotopic (exact) mass is 345 g/mol. The number of carbonyl (C=O) groups excluding carboxylic acids is 1. The highest BCUT2D eigenvalue weighted by atomic mass is 16.4. The normalized spacial score (nSPS) is 14.8. The molecule has 1 aromatic heterocycles. The maximum absolute atomic E-state index is 12.1. The Morgan fingerprint density at radius 3 is 2.52 bits per heavy atom. The topological polar surface area (TPSA) is 77.7 Å². The van der Waals surface area contributed by atoms with Gasteiger partial charge in [-0.3, -0.25) is 0 Å². The van der Waals surface area contributed by atoms with Crippen molar-refractivity contribution in [2.24, 2.45) is 0 Å². The van der Waals surface area contributed by atoms with E-state index in [0.717, 1.165) is 6.42 Å². The van der Waals surface area contributed by atoms with Crippen molar-refractivity contribution in [2.45, 2.75) is 25.0 Å². The molecule has 6 nitrogen and oxygen atoms in total. The molecule has 1 aromatic carbocycles. The first kappa shape index (κ1) is 19.0. The number of furan rings is 1. The third-order valence-electron chi connectivity index (χ3n) is 4.19. The number of benzene rings is 1. The van der Waals surface area contributed by atoms with Crippen LogP contribution in [-0.2, 0) is 12.0 Å². The molecule has 0 spiro atoms. The molecule has 0 radical (unpaired) electrons. The van der Waals surface area contributed by atoms with E-state index in [1.54, 1.807) is 19.1 Å². The molecule has 0 saturated heterocycles. The van der Waals surface area contributed by atoms with Crippen molar-refractivity contribution in [3.8, 4) is 0 Å². The van der Waals surface area contributed by atoms with Crippen LogP contribution in [-0.4, -0.2) is 49.3 Å².